The zero-order valence-electron chi connectivity index (χ0n) is 15.1. The molecule has 2 rings (SSSR count). The molecule has 1 aromatic rings. The molecule has 1 fully saturated rings. The molecule has 1 radical (unpaired) electrons. The molecule has 127 valence electrons. The van der Waals surface area contributed by atoms with Gasteiger partial charge in [0.15, 0.2) is 0 Å². The average molecular weight is 318 g/mol. The van der Waals surface area contributed by atoms with Gasteiger partial charge in [0.05, 0.1) is 24.4 Å². The molecule has 1 N–H and O–H groups in total. The van der Waals surface area contributed by atoms with Crippen LogP contribution in [-0.4, -0.2) is 55.0 Å². The van der Waals surface area contributed by atoms with Crippen molar-refractivity contribution in [1.29, 1.82) is 0 Å². The number of hydrogen-bond acceptors (Lipinski definition) is 4. The van der Waals surface area contributed by atoms with Crippen molar-refractivity contribution < 1.29 is 14.5 Å². The van der Waals surface area contributed by atoms with Crippen LogP contribution in [0.15, 0.2) is 18.2 Å². The highest BCUT2D eigenvalue weighted by Crippen LogP contribution is 2.24. The van der Waals surface area contributed by atoms with Gasteiger partial charge in [-0.3, -0.25) is 4.90 Å². The second kappa shape index (κ2) is 7.35. The van der Waals surface area contributed by atoms with Crippen molar-refractivity contribution >= 4 is 12.9 Å². The number of benzene rings is 1. The van der Waals surface area contributed by atoms with Crippen molar-refractivity contribution in [1.82, 2.24) is 4.90 Å². The molecule has 1 saturated heterocycles. The number of ether oxygens (including phenoxy) is 1. The Balaban J connectivity index is 1.96. The smallest absolute Gasteiger partial charge is 0.330 e. The zero-order chi connectivity index (χ0) is 17.1. The summed E-state index contributed by atoms with van der Waals surface area (Å²) >= 11 is 0. The van der Waals surface area contributed by atoms with Crippen molar-refractivity contribution in [2.24, 2.45) is 0 Å². The summed E-state index contributed by atoms with van der Waals surface area (Å²) in [6, 6.07) is 6.37. The first kappa shape index (κ1) is 18.5. The van der Waals surface area contributed by atoms with Crippen LogP contribution in [0.3, 0.4) is 0 Å². The molecule has 4 nitrogen and oxygen atoms in total. The molecule has 0 unspecified atom stereocenters. The van der Waals surface area contributed by atoms with Crippen LogP contribution in [0.25, 0.3) is 0 Å². The number of aliphatic hydroxyl groups is 1. The predicted octanol–water partition coefficient (Wildman–Crippen LogP) is 1.64. The molecule has 0 atom stereocenters. The van der Waals surface area contributed by atoms with Crippen LogP contribution in [0.1, 0.15) is 38.8 Å². The second-order valence-electron chi connectivity index (χ2n) is 7.38. The van der Waals surface area contributed by atoms with E-state index in [-0.39, 0.29) is 0 Å². The third-order valence-electron chi connectivity index (χ3n) is 4.83. The van der Waals surface area contributed by atoms with Crippen LogP contribution in [0.2, 0.25) is 0 Å². The molecule has 0 spiro atoms. The van der Waals surface area contributed by atoms with E-state index in [0.717, 1.165) is 38.3 Å². The Morgan fingerprint density at radius 2 is 1.87 bits per heavy atom. The maximum Gasteiger partial charge on any atom is 0.330 e. The van der Waals surface area contributed by atoms with Crippen molar-refractivity contribution in [2.75, 3.05) is 26.3 Å². The lowest BCUT2D eigenvalue weighted by atomic mass is 9.81. The summed E-state index contributed by atoms with van der Waals surface area (Å²) in [5.41, 5.74) is 2.06. The van der Waals surface area contributed by atoms with E-state index in [4.69, 9.17) is 9.39 Å². The molecule has 1 aliphatic rings. The molecule has 0 saturated carbocycles. The van der Waals surface area contributed by atoms with Gasteiger partial charge >= 0.3 is 7.48 Å². The van der Waals surface area contributed by atoms with E-state index in [2.05, 4.69) is 30.0 Å². The number of morpholine rings is 1. The number of nitrogens with zero attached hydrogens (tertiary/aromatic N) is 1. The molecule has 1 aromatic carbocycles. The number of aryl methyl sites for hydroxylation is 1. The molecule has 0 amide bonds. The van der Waals surface area contributed by atoms with Crippen molar-refractivity contribution in [2.45, 2.75) is 52.4 Å². The average Bonchev–Trinajstić information content (AvgIpc) is 2.48. The van der Waals surface area contributed by atoms with Crippen LogP contribution in [0, 0.1) is 6.92 Å². The fraction of sp³-hybridized carbons (Fsp3) is 0.667. The first-order chi connectivity index (χ1) is 10.7. The first-order valence-electron chi connectivity index (χ1n) is 8.32. The van der Waals surface area contributed by atoms with E-state index in [0.29, 0.717) is 0 Å². The van der Waals surface area contributed by atoms with Crippen LogP contribution >= 0.6 is 0 Å². The second-order valence-corrected chi connectivity index (χ2v) is 7.38. The van der Waals surface area contributed by atoms with Crippen molar-refractivity contribution in [3.63, 3.8) is 0 Å². The van der Waals surface area contributed by atoms with Crippen molar-refractivity contribution in [3.05, 3.63) is 29.3 Å². The van der Waals surface area contributed by atoms with Gasteiger partial charge in [0.25, 0.3) is 0 Å². The summed E-state index contributed by atoms with van der Waals surface area (Å²) in [5.74, 6) is 0. The first-order valence-corrected chi connectivity index (χ1v) is 8.32. The van der Waals surface area contributed by atoms with Gasteiger partial charge in [0.2, 0.25) is 0 Å². The summed E-state index contributed by atoms with van der Waals surface area (Å²) in [6.45, 7) is 14.0. The van der Waals surface area contributed by atoms with Gasteiger partial charge in [0, 0.05) is 19.6 Å². The van der Waals surface area contributed by atoms with Crippen LogP contribution in [-0.2, 0) is 15.9 Å². The molecule has 0 bridgehead atoms. The molecular weight excluding hydrogens is 289 g/mol. The Morgan fingerprint density at radius 1 is 1.22 bits per heavy atom. The highest BCUT2D eigenvalue weighted by Gasteiger charge is 2.35. The zero-order valence-corrected chi connectivity index (χ0v) is 15.1. The standard InChI is InChI=1S/C18H29BNO3/c1-14-12-16(19-23-18(4,5)17(2,3)21)7-6-15(14)13-20-8-10-22-11-9-20/h6-7,12,21H,8-11,13H2,1-5H3. The van der Waals surface area contributed by atoms with Gasteiger partial charge in [-0.05, 0) is 45.7 Å². The SMILES string of the molecule is Cc1cc([B]OC(C)(C)C(C)(C)O)ccc1CN1CCOCC1. The summed E-state index contributed by atoms with van der Waals surface area (Å²) in [5, 5.41) is 10.1. The minimum absolute atomic E-state index is 0.645. The largest absolute Gasteiger partial charge is 0.427 e. The fourth-order valence-electron chi connectivity index (χ4n) is 2.33. The monoisotopic (exact) mass is 318 g/mol. The third kappa shape index (κ3) is 5.05. The normalized spacial score (nSPS) is 17.3. The molecular formula is C18H29BNO3. The maximum absolute atomic E-state index is 10.1. The Bertz CT molecular complexity index is 519. The summed E-state index contributed by atoms with van der Waals surface area (Å²) in [4.78, 5) is 2.42. The van der Waals surface area contributed by atoms with E-state index >= 15 is 0 Å². The van der Waals surface area contributed by atoms with Gasteiger partial charge in [-0.1, -0.05) is 23.7 Å². The van der Waals surface area contributed by atoms with Crippen LogP contribution in [0.4, 0.5) is 0 Å². The fourth-order valence-corrected chi connectivity index (χ4v) is 2.33. The quantitative estimate of drug-likeness (QED) is 0.810. The van der Waals surface area contributed by atoms with Gasteiger partial charge in [-0.2, -0.15) is 0 Å². The maximum atomic E-state index is 10.1. The van der Waals surface area contributed by atoms with Crippen molar-refractivity contribution in [3.8, 4) is 0 Å². The predicted molar refractivity (Wildman–Crippen MR) is 94.1 cm³/mol. The van der Waals surface area contributed by atoms with E-state index in [1.165, 1.54) is 11.1 Å². The van der Waals surface area contributed by atoms with E-state index in [1.54, 1.807) is 21.3 Å². The van der Waals surface area contributed by atoms with Crippen LogP contribution in [0.5, 0.6) is 0 Å². The van der Waals surface area contributed by atoms with Gasteiger partial charge in [-0.15, -0.1) is 0 Å². The summed E-state index contributed by atoms with van der Waals surface area (Å²) in [7, 11) is 1.74. The number of hydrogen-bond donors (Lipinski definition) is 1. The van der Waals surface area contributed by atoms with Gasteiger partial charge < -0.3 is 14.5 Å². The minimum atomic E-state index is -0.908. The Morgan fingerprint density at radius 3 is 2.43 bits per heavy atom. The lowest BCUT2D eigenvalue weighted by Crippen LogP contribution is -2.49. The Labute approximate surface area is 141 Å². The lowest BCUT2D eigenvalue weighted by molar-refractivity contribution is -0.0893. The van der Waals surface area contributed by atoms with E-state index < -0.39 is 11.2 Å². The van der Waals surface area contributed by atoms with Gasteiger partial charge in [-0.25, -0.2) is 0 Å². The topological polar surface area (TPSA) is 41.9 Å². The highest BCUT2D eigenvalue weighted by molar-refractivity contribution is 6.47. The molecule has 23 heavy (non-hydrogen) atoms. The highest BCUT2D eigenvalue weighted by atomic mass is 16.5. The van der Waals surface area contributed by atoms with E-state index in [1.807, 2.05) is 13.8 Å². The molecule has 1 aliphatic heterocycles. The minimum Gasteiger partial charge on any atom is -0.427 e. The third-order valence-corrected chi connectivity index (χ3v) is 4.83. The molecule has 0 aliphatic carbocycles. The molecule has 5 heteroatoms. The number of rotatable bonds is 6. The Kier molecular flexibility index (Phi) is 5.90. The molecule has 0 aromatic heterocycles. The van der Waals surface area contributed by atoms with Gasteiger partial charge in [0.1, 0.15) is 0 Å². The molecule has 1 heterocycles. The summed E-state index contributed by atoms with van der Waals surface area (Å²) in [6.07, 6.45) is 0. The Hall–Kier alpha value is -0.875. The summed E-state index contributed by atoms with van der Waals surface area (Å²) < 4.78 is 11.2. The lowest BCUT2D eigenvalue weighted by Gasteiger charge is -2.37. The van der Waals surface area contributed by atoms with E-state index in [9.17, 15) is 5.11 Å². The van der Waals surface area contributed by atoms with Crippen LogP contribution < -0.4 is 5.46 Å².